The van der Waals surface area contributed by atoms with Crippen LogP contribution in [0.15, 0.2) is 93.2 Å². The van der Waals surface area contributed by atoms with Gasteiger partial charge in [-0.2, -0.15) is 4.98 Å². The second kappa shape index (κ2) is 8.53. The number of nitrogens with zero attached hydrogens (tertiary/aromatic N) is 2. The molecule has 3 aromatic carbocycles. The summed E-state index contributed by atoms with van der Waals surface area (Å²) >= 11 is 6.27. The van der Waals surface area contributed by atoms with E-state index in [1.165, 1.54) is 12.1 Å². The van der Waals surface area contributed by atoms with Crippen LogP contribution in [-0.2, 0) is 16.4 Å². The van der Waals surface area contributed by atoms with Crippen LogP contribution in [0.5, 0.6) is 0 Å². The minimum absolute atomic E-state index is 0.0723. The molecule has 158 valence electrons. The molecular weight excluding hydrogens is 439 g/mol. The summed E-state index contributed by atoms with van der Waals surface area (Å²) in [4.78, 5) is 5.88. The molecule has 31 heavy (non-hydrogen) atoms. The van der Waals surface area contributed by atoms with Gasteiger partial charge in [0.05, 0.1) is 15.5 Å². The van der Waals surface area contributed by atoms with Crippen molar-refractivity contribution < 1.29 is 17.2 Å². The van der Waals surface area contributed by atoms with E-state index < -0.39 is 15.7 Å². The van der Waals surface area contributed by atoms with E-state index in [0.717, 1.165) is 17.7 Å². The minimum atomic E-state index is -4.08. The lowest BCUT2D eigenvalue weighted by molar-refractivity contribution is 0.554. The Labute approximate surface area is 184 Å². The quantitative estimate of drug-likeness (QED) is 0.353. The third kappa shape index (κ3) is 4.33. The highest BCUT2D eigenvalue weighted by Crippen LogP contribution is 2.36. The van der Waals surface area contributed by atoms with Gasteiger partial charge in [-0.3, -0.25) is 0 Å². The number of anilines is 1. The zero-order valence-electron chi connectivity index (χ0n) is 16.5. The normalized spacial score (nSPS) is 11.5. The SMILES string of the molecule is CN(Cc1ccccc1)c1oc(-c2ccccc2Cl)nc1S(=O)(=O)c1ccc(F)cc1. The van der Waals surface area contributed by atoms with E-state index in [0.29, 0.717) is 17.1 Å². The van der Waals surface area contributed by atoms with Crippen LogP contribution in [0.1, 0.15) is 5.56 Å². The summed E-state index contributed by atoms with van der Waals surface area (Å²) in [5.74, 6) is -0.374. The molecule has 0 bridgehead atoms. The summed E-state index contributed by atoms with van der Waals surface area (Å²) in [6, 6.07) is 21.0. The Balaban J connectivity index is 1.84. The molecule has 5 nitrogen and oxygen atoms in total. The molecule has 0 spiro atoms. The third-order valence-corrected chi connectivity index (χ3v) is 6.67. The molecular formula is C23H18ClFN2O3S. The van der Waals surface area contributed by atoms with E-state index in [9.17, 15) is 12.8 Å². The summed E-state index contributed by atoms with van der Waals surface area (Å²) < 4.78 is 46.0. The van der Waals surface area contributed by atoms with Crippen molar-refractivity contribution in [1.29, 1.82) is 0 Å². The lowest BCUT2D eigenvalue weighted by Crippen LogP contribution is -2.18. The van der Waals surface area contributed by atoms with E-state index >= 15 is 0 Å². The molecule has 0 saturated heterocycles. The summed E-state index contributed by atoms with van der Waals surface area (Å²) in [5.41, 5.74) is 1.44. The maximum Gasteiger partial charge on any atom is 0.236 e. The molecule has 8 heteroatoms. The Hall–Kier alpha value is -3.16. The topological polar surface area (TPSA) is 63.4 Å². The Bertz CT molecular complexity index is 1310. The van der Waals surface area contributed by atoms with E-state index in [1.54, 1.807) is 36.2 Å². The maximum atomic E-state index is 13.3. The van der Waals surface area contributed by atoms with Crippen LogP contribution in [-0.4, -0.2) is 20.4 Å². The first-order chi connectivity index (χ1) is 14.9. The Morgan fingerprint density at radius 3 is 2.29 bits per heavy atom. The third-order valence-electron chi connectivity index (χ3n) is 4.67. The van der Waals surface area contributed by atoms with Gasteiger partial charge in [-0.25, -0.2) is 12.8 Å². The number of benzene rings is 3. The highest BCUT2D eigenvalue weighted by molar-refractivity contribution is 7.91. The van der Waals surface area contributed by atoms with Crippen LogP contribution in [0.2, 0.25) is 5.02 Å². The molecule has 1 aromatic heterocycles. The molecule has 0 unspecified atom stereocenters. The van der Waals surface area contributed by atoms with E-state index in [1.807, 2.05) is 30.3 Å². The highest BCUT2D eigenvalue weighted by Gasteiger charge is 2.31. The van der Waals surface area contributed by atoms with Crippen molar-refractivity contribution in [3.8, 4) is 11.5 Å². The van der Waals surface area contributed by atoms with E-state index in [2.05, 4.69) is 4.98 Å². The average molecular weight is 457 g/mol. The van der Waals surface area contributed by atoms with Gasteiger partial charge >= 0.3 is 0 Å². The van der Waals surface area contributed by atoms with Crippen molar-refractivity contribution in [2.75, 3.05) is 11.9 Å². The second-order valence-electron chi connectivity index (χ2n) is 6.91. The standard InChI is InChI=1S/C23H18ClFN2O3S/c1-27(15-16-7-3-2-4-8-16)23-22(31(28,29)18-13-11-17(25)12-14-18)26-21(30-23)19-9-5-6-10-20(19)24/h2-14H,15H2,1H3. The molecule has 0 saturated carbocycles. The molecule has 0 radical (unpaired) electrons. The van der Waals surface area contributed by atoms with Crippen LogP contribution in [0, 0.1) is 5.82 Å². The predicted molar refractivity (Wildman–Crippen MR) is 117 cm³/mol. The number of halogens is 2. The van der Waals surface area contributed by atoms with Gasteiger partial charge in [0.2, 0.25) is 26.6 Å². The minimum Gasteiger partial charge on any atom is -0.419 e. The first-order valence-corrected chi connectivity index (χ1v) is 11.2. The second-order valence-corrected chi connectivity index (χ2v) is 9.18. The fraction of sp³-hybridized carbons (Fsp3) is 0.0870. The zero-order chi connectivity index (χ0) is 22.0. The van der Waals surface area contributed by atoms with Gasteiger partial charge < -0.3 is 9.32 Å². The molecule has 0 atom stereocenters. The van der Waals surface area contributed by atoms with Crippen LogP contribution in [0.3, 0.4) is 0 Å². The van der Waals surface area contributed by atoms with E-state index in [-0.39, 0.29) is 21.7 Å². The molecule has 0 aliphatic carbocycles. The monoisotopic (exact) mass is 456 g/mol. The molecule has 4 rings (SSSR count). The Morgan fingerprint density at radius 2 is 1.61 bits per heavy atom. The van der Waals surface area contributed by atoms with Crippen molar-refractivity contribution in [1.82, 2.24) is 4.98 Å². The van der Waals surface area contributed by atoms with Gasteiger partial charge in [0, 0.05) is 13.6 Å². The van der Waals surface area contributed by atoms with Gasteiger partial charge in [0.25, 0.3) is 0 Å². The number of oxazole rings is 1. The highest BCUT2D eigenvalue weighted by atomic mass is 35.5. The smallest absolute Gasteiger partial charge is 0.236 e. The van der Waals surface area contributed by atoms with Crippen LogP contribution < -0.4 is 4.90 Å². The van der Waals surface area contributed by atoms with Gasteiger partial charge in [0.15, 0.2) is 0 Å². The molecule has 0 N–H and O–H groups in total. The van der Waals surface area contributed by atoms with E-state index in [4.69, 9.17) is 16.0 Å². The van der Waals surface area contributed by atoms with Gasteiger partial charge in [-0.1, -0.05) is 54.1 Å². The van der Waals surface area contributed by atoms with Gasteiger partial charge in [0.1, 0.15) is 5.82 Å². The van der Waals surface area contributed by atoms with Crippen LogP contribution in [0.25, 0.3) is 11.5 Å². The number of rotatable bonds is 6. The number of hydrogen-bond acceptors (Lipinski definition) is 5. The fourth-order valence-corrected chi connectivity index (χ4v) is 4.68. The molecule has 0 amide bonds. The molecule has 4 aromatic rings. The lowest BCUT2D eigenvalue weighted by Gasteiger charge is -2.17. The van der Waals surface area contributed by atoms with Crippen molar-refractivity contribution in [2.45, 2.75) is 16.5 Å². The first kappa shape index (κ1) is 21.1. The van der Waals surface area contributed by atoms with Gasteiger partial charge in [-0.05, 0) is 42.0 Å². The summed E-state index contributed by atoms with van der Waals surface area (Å²) in [5, 5.41) is 0.124. The predicted octanol–water partition coefficient (Wildman–Crippen LogP) is 5.60. The number of hydrogen-bond donors (Lipinski definition) is 0. The van der Waals surface area contributed by atoms with Crippen LogP contribution >= 0.6 is 11.6 Å². The maximum absolute atomic E-state index is 13.3. The molecule has 0 fully saturated rings. The van der Waals surface area contributed by atoms with Crippen molar-refractivity contribution in [3.63, 3.8) is 0 Å². The number of aromatic nitrogens is 1. The summed E-state index contributed by atoms with van der Waals surface area (Å²) in [6.07, 6.45) is 0. The Morgan fingerprint density at radius 1 is 0.968 bits per heavy atom. The van der Waals surface area contributed by atoms with Crippen molar-refractivity contribution >= 4 is 27.3 Å². The molecule has 1 heterocycles. The number of sulfone groups is 1. The van der Waals surface area contributed by atoms with Crippen molar-refractivity contribution in [2.24, 2.45) is 0 Å². The first-order valence-electron chi connectivity index (χ1n) is 9.38. The Kier molecular flexibility index (Phi) is 5.80. The fourth-order valence-electron chi connectivity index (χ4n) is 3.12. The lowest BCUT2D eigenvalue weighted by atomic mass is 10.2. The van der Waals surface area contributed by atoms with Crippen LogP contribution in [0.4, 0.5) is 10.3 Å². The molecule has 0 aliphatic rings. The summed E-state index contributed by atoms with van der Waals surface area (Å²) in [6.45, 7) is 0.393. The largest absolute Gasteiger partial charge is 0.419 e. The summed E-state index contributed by atoms with van der Waals surface area (Å²) in [7, 11) is -2.36. The average Bonchev–Trinajstić information content (AvgIpc) is 3.21. The zero-order valence-corrected chi connectivity index (χ0v) is 18.1. The van der Waals surface area contributed by atoms with Gasteiger partial charge in [-0.15, -0.1) is 0 Å². The molecule has 0 aliphatic heterocycles. The van der Waals surface area contributed by atoms with Crippen molar-refractivity contribution in [3.05, 3.63) is 95.3 Å².